The molecule has 1 amide bonds. The molecule has 1 N–H and O–H groups in total. The summed E-state index contributed by atoms with van der Waals surface area (Å²) in [6, 6.07) is 0. The fraction of sp³-hybridized carbons (Fsp3) is 0.900. The van der Waals surface area contributed by atoms with Gasteiger partial charge in [-0.15, -0.1) is 0 Å². The van der Waals surface area contributed by atoms with Crippen LogP contribution in [0, 0.1) is 5.92 Å². The smallest absolute Gasteiger partial charge is 0.223 e. The third-order valence-corrected chi connectivity index (χ3v) is 3.12. The Balaban J connectivity index is 1.85. The molecule has 0 aromatic rings. The summed E-state index contributed by atoms with van der Waals surface area (Å²) in [7, 11) is 0. The number of hydrogen-bond donors (Lipinski definition) is 1. The second-order valence-corrected chi connectivity index (χ2v) is 4.48. The van der Waals surface area contributed by atoms with Crippen LogP contribution in [0.4, 0.5) is 0 Å². The van der Waals surface area contributed by atoms with Crippen molar-refractivity contribution in [2.45, 2.75) is 38.1 Å². The Bertz CT molecular complexity index is 205. The molecular formula is C10H17NO2. The fourth-order valence-corrected chi connectivity index (χ4v) is 1.84. The van der Waals surface area contributed by atoms with E-state index in [2.05, 4.69) is 12.2 Å². The fourth-order valence-electron chi connectivity index (χ4n) is 1.84. The van der Waals surface area contributed by atoms with E-state index in [4.69, 9.17) is 4.74 Å². The van der Waals surface area contributed by atoms with Crippen molar-refractivity contribution in [2.24, 2.45) is 5.92 Å². The van der Waals surface area contributed by atoms with Crippen LogP contribution in [0.15, 0.2) is 0 Å². The second kappa shape index (κ2) is 3.29. The lowest BCUT2D eigenvalue weighted by Gasteiger charge is -2.30. The van der Waals surface area contributed by atoms with E-state index in [1.807, 2.05) is 0 Å². The summed E-state index contributed by atoms with van der Waals surface area (Å²) < 4.78 is 5.28. The molecule has 2 fully saturated rings. The zero-order valence-corrected chi connectivity index (χ0v) is 8.14. The van der Waals surface area contributed by atoms with Crippen LogP contribution >= 0.6 is 0 Å². The van der Waals surface area contributed by atoms with Crippen LogP contribution in [0.5, 0.6) is 0 Å². The number of hydrogen-bond acceptors (Lipinski definition) is 2. The lowest BCUT2D eigenvalue weighted by molar-refractivity contribution is -0.129. The molecule has 1 aliphatic carbocycles. The van der Waals surface area contributed by atoms with Gasteiger partial charge in [0, 0.05) is 12.5 Å². The van der Waals surface area contributed by atoms with Gasteiger partial charge < -0.3 is 10.1 Å². The number of ether oxygens (including phenoxy) is 1. The van der Waals surface area contributed by atoms with Gasteiger partial charge in [0.05, 0.1) is 12.1 Å². The minimum atomic E-state index is -0.0906. The highest BCUT2D eigenvalue weighted by molar-refractivity contribution is 5.80. The molecule has 0 aromatic carbocycles. The van der Waals surface area contributed by atoms with Gasteiger partial charge in [0.15, 0.2) is 0 Å². The summed E-state index contributed by atoms with van der Waals surface area (Å²) in [5.74, 6) is 0.525. The molecular weight excluding hydrogens is 166 g/mol. The van der Waals surface area contributed by atoms with Gasteiger partial charge in [-0.2, -0.15) is 0 Å². The third kappa shape index (κ3) is 1.85. The Labute approximate surface area is 78.8 Å². The van der Waals surface area contributed by atoms with E-state index in [1.165, 1.54) is 6.42 Å². The van der Waals surface area contributed by atoms with E-state index in [0.717, 1.165) is 25.9 Å². The normalized spacial score (nSPS) is 34.2. The van der Waals surface area contributed by atoms with E-state index < -0.39 is 0 Å². The van der Waals surface area contributed by atoms with Crippen LogP contribution in [0.2, 0.25) is 0 Å². The number of rotatable bonds is 2. The Kier molecular flexibility index (Phi) is 2.28. The van der Waals surface area contributed by atoms with Gasteiger partial charge in [-0.25, -0.2) is 0 Å². The first kappa shape index (κ1) is 9.00. The van der Waals surface area contributed by atoms with Crippen molar-refractivity contribution >= 4 is 5.91 Å². The molecule has 0 aromatic heterocycles. The molecule has 1 saturated heterocycles. The lowest BCUT2D eigenvalue weighted by Crippen LogP contribution is -2.49. The Hall–Kier alpha value is -0.570. The lowest BCUT2D eigenvalue weighted by atomic mass is 9.84. The average molecular weight is 183 g/mol. The summed E-state index contributed by atoms with van der Waals surface area (Å²) in [5.41, 5.74) is -0.0906. The molecule has 1 unspecified atom stereocenters. The van der Waals surface area contributed by atoms with Crippen LogP contribution in [-0.2, 0) is 9.53 Å². The molecule has 1 aliphatic heterocycles. The van der Waals surface area contributed by atoms with Gasteiger partial charge in [-0.1, -0.05) is 6.42 Å². The van der Waals surface area contributed by atoms with E-state index in [9.17, 15) is 4.79 Å². The van der Waals surface area contributed by atoms with Gasteiger partial charge in [0.1, 0.15) is 0 Å². The van der Waals surface area contributed by atoms with Gasteiger partial charge in [0.2, 0.25) is 5.91 Å². The molecule has 1 heterocycles. The first-order valence-corrected chi connectivity index (χ1v) is 5.09. The van der Waals surface area contributed by atoms with Crippen molar-refractivity contribution in [1.82, 2.24) is 5.32 Å². The molecule has 0 bridgehead atoms. The maximum atomic E-state index is 11.6. The second-order valence-electron chi connectivity index (χ2n) is 4.48. The highest BCUT2D eigenvalue weighted by atomic mass is 16.5. The van der Waals surface area contributed by atoms with Gasteiger partial charge >= 0.3 is 0 Å². The predicted octanol–water partition coefficient (Wildman–Crippen LogP) is 1.08. The van der Waals surface area contributed by atoms with Gasteiger partial charge in [-0.05, 0) is 26.2 Å². The zero-order valence-electron chi connectivity index (χ0n) is 8.14. The van der Waals surface area contributed by atoms with Gasteiger partial charge in [0.25, 0.3) is 0 Å². The molecule has 3 nitrogen and oxygen atoms in total. The SMILES string of the molecule is CC1(NC(=O)C2CCC2)CCOC1. The Morgan fingerprint density at radius 3 is 2.77 bits per heavy atom. The van der Waals surface area contributed by atoms with E-state index >= 15 is 0 Å². The Morgan fingerprint density at radius 1 is 1.54 bits per heavy atom. The summed E-state index contributed by atoms with van der Waals surface area (Å²) >= 11 is 0. The van der Waals surface area contributed by atoms with Crippen LogP contribution in [0.3, 0.4) is 0 Å². The van der Waals surface area contributed by atoms with E-state index in [1.54, 1.807) is 0 Å². The highest BCUT2D eigenvalue weighted by Gasteiger charge is 2.34. The molecule has 0 spiro atoms. The van der Waals surface area contributed by atoms with Crippen LogP contribution in [-0.4, -0.2) is 24.7 Å². The molecule has 74 valence electrons. The summed E-state index contributed by atoms with van der Waals surface area (Å²) in [4.78, 5) is 11.6. The largest absolute Gasteiger partial charge is 0.379 e. The maximum absolute atomic E-state index is 11.6. The third-order valence-electron chi connectivity index (χ3n) is 3.12. The summed E-state index contributed by atoms with van der Waals surface area (Å²) in [6.07, 6.45) is 4.31. The molecule has 1 saturated carbocycles. The van der Waals surface area contributed by atoms with Crippen molar-refractivity contribution in [1.29, 1.82) is 0 Å². The van der Waals surface area contributed by atoms with Crippen LogP contribution in [0.25, 0.3) is 0 Å². The standard InChI is InChI=1S/C10H17NO2/c1-10(5-6-13-7-10)11-9(12)8-3-2-4-8/h8H,2-7H2,1H3,(H,11,12). The minimum absolute atomic E-state index is 0.0906. The zero-order chi connectivity index (χ0) is 9.31. The van der Waals surface area contributed by atoms with Crippen LogP contribution in [0.1, 0.15) is 32.6 Å². The quantitative estimate of drug-likeness (QED) is 0.695. The molecule has 2 rings (SSSR count). The van der Waals surface area contributed by atoms with Crippen molar-refractivity contribution in [3.8, 4) is 0 Å². The topological polar surface area (TPSA) is 38.3 Å². The first-order chi connectivity index (χ1) is 6.20. The van der Waals surface area contributed by atoms with Crippen molar-refractivity contribution < 1.29 is 9.53 Å². The number of nitrogens with one attached hydrogen (secondary N) is 1. The summed E-state index contributed by atoms with van der Waals surface area (Å²) in [5, 5.41) is 3.09. The highest BCUT2D eigenvalue weighted by Crippen LogP contribution is 2.28. The molecule has 3 heteroatoms. The Morgan fingerprint density at radius 2 is 2.31 bits per heavy atom. The summed E-state index contributed by atoms with van der Waals surface area (Å²) in [6.45, 7) is 3.52. The van der Waals surface area contributed by atoms with Crippen LogP contribution < -0.4 is 5.32 Å². The maximum Gasteiger partial charge on any atom is 0.223 e. The minimum Gasteiger partial charge on any atom is -0.379 e. The van der Waals surface area contributed by atoms with Crippen molar-refractivity contribution in [3.05, 3.63) is 0 Å². The van der Waals surface area contributed by atoms with Gasteiger partial charge in [-0.3, -0.25) is 4.79 Å². The molecule has 0 radical (unpaired) electrons. The first-order valence-electron chi connectivity index (χ1n) is 5.09. The van der Waals surface area contributed by atoms with E-state index in [0.29, 0.717) is 6.61 Å². The van der Waals surface area contributed by atoms with Crippen molar-refractivity contribution in [2.75, 3.05) is 13.2 Å². The number of carbonyl (C=O) groups excluding carboxylic acids is 1. The molecule has 2 aliphatic rings. The van der Waals surface area contributed by atoms with Crippen molar-refractivity contribution in [3.63, 3.8) is 0 Å². The number of amides is 1. The molecule has 1 atom stereocenters. The number of carbonyl (C=O) groups is 1. The molecule has 13 heavy (non-hydrogen) atoms. The monoisotopic (exact) mass is 183 g/mol. The predicted molar refractivity (Wildman–Crippen MR) is 49.3 cm³/mol. The average Bonchev–Trinajstić information content (AvgIpc) is 2.31. The van der Waals surface area contributed by atoms with E-state index in [-0.39, 0.29) is 17.4 Å².